The summed E-state index contributed by atoms with van der Waals surface area (Å²) in [6, 6.07) is 13.9. The van der Waals surface area contributed by atoms with Crippen LogP contribution in [-0.2, 0) is 20.1 Å². The predicted molar refractivity (Wildman–Crippen MR) is 96.8 cm³/mol. The number of aliphatic hydroxyl groups is 1. The summed E-state index contributed by atoms with van der Waals surface area (Å²) in [5.74, 6) is 2.29. The number of imidazole rings is 1. The molecular formula is C19H23N3O3. The van der Waals surface area contributed by atoms with E-state index in [1.807, 2.05) is 43.4 Å². The Bertz CT molecular complexity index is 845. The molecule has 0 fully saturated rings. The number of hydrogen-bond donors (Lipinski definition) is 2. The molecule has 0 aliphatic rings. The first kappa shape index (κ1) is 17.3. The normalized spacial score (nSPS) is 11.0. The van der Waals surface area contributed by atoms with Crippen LogP contribution in [0.1, 0.15) is 11.4 Å². The van der Waals surface area contributed by atoms with E-state index in [0.29, 0.717) is 24.6 Å². The van der Waals surface area contributed by atoms with Crippen molar-refractivity contribution in [3.63, 3.8) is 0 Å². The Morgan fingerprint density at radius 2 is 1.96 bits per heavy atom. The van der Waals surface area contributed by atoms with Crippen molar-refractivity contribution in [1.82, 2.24) is 14.9 Å². The van der Waals surface area contributed by atoms with E-state index in [1.54, 1.807) is 7.11 Å². The van der Waals surface area contributed by atoms with Gasteiger partial charge in [0.2, 0.25) is 0 Å². The molecule has 1 heterocycles. The van der Waals surface area contributed by atoms with Gasteiger partial charge in [0, 0.05) is 13.6 Å². The SMILES string of the molecule is COc1cc(CNCc2nc3ccccc3n2C)ccc1OCCO. The van der Waals surface area contributed by atoms with Gasteiger partial charge >= 0.3 is 0 Å². The lowest BCUT2D eigenvalue weighted by molar-refractivity contribution is 0.196. The number of hydrogen-bond acceptors (Lipinski definition) is 5. The summed E-state index contributed by atoms with van der Waals surface area (Å²) in [4.78, 5) is 4.66. The highest BCUT2D eigenvalue weighted by Gasteiger charge is 2.08. The Kier molecular flexibility index (Phi) is 5.53. The molecule has 0 aliphatic heterocycles. The molecule has 0 radical (unpaired) electrons. The molecule has 0 atom stereocenters. The van der Waals surface area contributed by atoms with Crippen molar-refractivity contribution >= 4 is 11.0 Å². The fourth-order valence-electron chi connectivity index (χ4n) is 2.77. The maximum atomic E-state index is 8.86. The Balaban J connectivity index is 1.64. The Morgan fingerprint density at radius 1 is 1.12 bits per heavy atom. The van der Waals surface area contributed by atoms with Crippen LogP contribution in [-0.4, -0.2) is 35.0 Å². The lowest BCUT2D eigenvalue weighted by Gasteiger charge is -2.12. The van der Waals surface area contributed by atoms with Crippen LogP contribution in [0.5, 0.6) is 11.5 Å². The summed E-state index contributed by atoms with van der Waals surface area (Å²) >= 11 is 0. The number of aryl methyl sites for hydroxylation is 1. The number of ether oxygens (including phenoxy) is 2. The van der Waals surface area contributed by atoms with E-state index in [9.17, 15) is 0 Å². The van der Waals surface area contributed by atoms with Crippen molar-refractivity contribution in [2.75, 3.05) is 20.3 Å². The fourth-order valence-corrected chi connectivity index (χ4v) is 2.77. The Labute approximate surface area is 147 Å². The van der Waals surface area contributed by atoms with Gasteiger partial charge in [-0.05, 0) is 29.8 Å². The Morgan fingerprint density at radius 3 is 2.72 bits per heavy atom. The Hall–Kier alpha value is -2.57. The zero-order chi connectivity index (χ0) is 17.6. The summed E-state index contributed by atoms with van der Waals surface area (Å²) in [5, 5.41) is 12.3. The van der Waals surface area contributed by atoms with E-state index >= 15 is 0 Å². The van der Waals surface area contributed by atoms with Crippen LogP contribution >= 0.6 is 0 Å². The van der Waals surface area contributed by atoms with Gasteiger partial charge in [-0.1, -0.05) is 18.2 Å². The molecule has 6 nitrogen and oxygen atoms in total. The van der Waals surface area contributed by atoms with Crippen molar-refractivity contribution in [3.8, 4) is 11.5 Å². The van der Waals surface area contributed by atoms with Crippen LogP contribution in [0, 0.1) is 0 Å². The second-order valence-electron chi connectivity index (χ2n) is 5.74. The molecule has 0 bridgehead atoms. The largest absolute Gasteiger partial charge is 0.493 e. The van der Waals surface area contributed by atoms with Gasteiger partial charge in [-0.25, -0.2) is 4.98 Å². The number of aromatic nitrogens is 2. The summed E-state index contributed by atoms with van der Waals surface area (Å²) < 4.78 is 12.9. The minimum atomic E-state index is -0.0233. The lowest BCUT2D eigenvalue weighted by Crippen LogP contribution is -2.16. The molecule has 25 heavy (non-hydrogen) atoms. The van der Waals surface area contributed by atoms with Gasteiger partial charge in [0.15, 0.2) is 11.5 Å². The zero-order valence-electron chi connectivity index (χ0n) is 14.5. The number of fused-ring (bicyclic) bond motifs is 1. The van der Waals surface area contributed by atoms with Crippen LogP contribution in [0.25, 0.3) is 11.0 Å². The number of aliphatic hydroxyl groups excluding tert-OH is 1. The first-order valence-corrected chi connectivity index (χ1v) is 8.24. The van der Waals surface area contributed by atoms with Gasteiger partial charge in [0.05, 0.1) is 31.3 Å². The van der Waals surface area contributed by atoms with Crippen molar-refractivity contribution in [2.24, 2.45) is 7.05 Å². The quantitative estimate of drug-likeness (QED) is 0.658. The highest BCUT2D eigenvalue weighted by Crippen LogP contribution is 2.28. The molecule has 0 aliphatic carbocycles. The van der Waals surface area contributed by atoms with Crippen LogP contribution in [0.4, 0.5) is 0 Å². The summed E-state index contributed by atoms with van der Waals surface area (Å²) in [5.41, 5.74) is 3.23. The molecule has 1 aromatic heterocycles. The number of para-hydroxylation sites is 2. The molecule has 0 unspecified atom stereocenters. The molecule has 132 valence electrons. The van der Waals surface area contributed by atoms with Gasteiger partial charge in [0.1, 0.15) is 12.4 Å². The van der Waals surface area contributed by atoms with Gasteiger partial charge in [0.25, 0.3) is 0 Å². The van der Waals surface area contributed by atoms with E-state index in [-0.39, 0.29) is 13.2 Å². The van der Waals surface area contributed by atoms with E-state index in [0.717, 1.165) is 22.4 Å². The highest BCUT2D eigenvalue weighted by molar-refractivity contribution is 5.75. The molecule has 6 heteroatoms. The molecule has 0 saturated carbocycles. The monoisotopic (exact) mass is 341 g/mol. The fraction of sp³-hybridized carbons (Fsp3) is 0.316. The van der Waals surface area contributed by atoms with Crippen LogP contribution in [0.15, 0.2) is 42.5 Å². The molecule has 2 N–H and O–H groups in total. The predicted octanol–water partition coefficient (Wildman–Crippen LogP) is 2.24. The van der Waals surface area contributed by atoms with Gasteiger partial charge in [-0.2, -0.15) is 0 Å². The van der Waals surface area contributed by atoms with E-state index in [1.165, 1.54) is 0 Å². The topological polar surface area (TPSA) is 68.5 Å². The van der Waals surface area contributed by atoms with Crippen molar-refractivity contribution < 1.29 is 14.6 Å². The lowest BCUT2D eigenvalue weighted by atomic mass is 10.2. The maximum Gasteiger partial charge on any atom is 0.161 e. The summed E-state index contributed by atoms with van der Waals surface area (Å²) in [6.45, 7) is 1.60. The molecule has 3 rings (SSSR count). The highest BCUT2D eigenvalue weighted by atomic mass is 16.5. The number of methoxy groups -OCH3 is 1. The van der Waals surface area contributed by atoms with Crippen molar-refractivity contribution in [2.45, 2.75) is 13.1 Å². The second-order valence-corrected chi connectivity index (χ2v) is 5.74. The average molecular weight is 341 g/mol. The third-order valence-corrected chi connectivity index (χ3v) is 4.07. The molecular weight excluding hydrogens is 318 g/mol. The van der Waals surface area contributed by atoms with Crippen LogP contribution in [0.3, 0.4) is 0 Å². The first-order valence-electron chi connectivity index (χ1n) is 8.24. The van der Waals surface area contributed by atoms with Crippen molar-refractivity contribution in [1.29, 1.82) is 0 Å². The molecule has 0 spiro atoms. The van der Waals surface area contributed by atoms with Crippen LogP contribution in [0.2, 0.25) is 0 Å². The zero-order valence-corrected chi connectivity index (χ0v) is 14.5. The number of nitrogens with one attached hydrogen (secondary N) is 1. The van der Waals surface area contributed by atoms with E-state index in [4.69, 9.17) is 14.6 Å². The maximum absolute atomic E-state index is 8.86. The average Bonchev–Trinajstić information content (AvgIpc) is 2.96. The molecule has 0 saturated heterocycles. The van der Waals surface area contributed by atoms with E-state index in [2.05, 4.69) is 20.9 Å². The smallest absolute Gasteiger partial charge is 0.161 e. The first-order chi connectivity index (χ1) is 12.2. The van der Waals surface area contributed by atoms with Crippen molar-refractivity contribution in [3.05, 3.63) is 53.9 Å². The standard InChI is InChI=1S/C19H23N3O3/c1-22-16-6-4-3-5-15(16)21-19(22)13-20-12-14-7-8-17(25-10-9-23)18(11-14)24-2/h3-8,11,20,23H,9-10,12-13H2,1-2H3. The minimum Gasteiger partial charge on any atom is -0.493 e. The third-order valence-electron chi connectivity index (χ3n) is 4.07. The second kappa shape index (κ2) is 8.00. The minimum absolute atomic E-state index is 0.0233. The summed E-state index contributed by atoms with van der Waals surface area (Å²) in [7, 11) is 3.64. The van der Waals surface area contributed by atoms with E-state index < -0.39 is 0 Å². The number of benzene rings is 2. The van der Waals surface area contributed by atoms with Gasteiger partial charge in [-0.15, -0.1) is 0 Å². The molecule has 3 aromatic rings. The van der Waals surface area contributed by atoms with Crippen LogP contribution < -0.4 is 14.8 Å². The molecule has 2 aromatic carbocycles. The number of nitrogens with zero attached hydrogens (tertiary/aromatic N) is 2. The third kappa shape index (κ3) is 3.92. The summed E-state index contributed by atoms with van der Waals surface area (Å²) in [6.07, 6.45) is 0. The number of rotatable bonds is 8. The molecule has 0 amide bonds. The van der Waals surface area contributed by atoms with Gasteiger partial charge in [-0.3, -0.25) is 0 Å². The van der Waals surface area contributed by atoms with Gasteiger partial charge < -0.3 is 24.5 Å².